The normalized spacial score (nSPS) is 18.5. The van der Waals surface area contributed by atoms with Crippen molar-refractivity contribution >= 4 is 17.2 Å². The van der Waals surface area contributed by atoms with Crippen LogP contribution in [0.15, 0.2) is 40.0 Å². The van der Waals surface area contributed by atoms with Gasteiger partial charge in [-0.25, -0.2) is 9.79 Å². The zero-order chi connectivity index (χ0) is 16.8. The van der Waals surface area contributed by atoms with Crippen molar-refractivity contribution in [2.45, 2.75) is 39.7 Å². The maximum Gasteiger partial charge on any atom is 0.328 e. The lowest BCUT2D eigenvalue weighted by Crippen LogP contribution is -2.27. The molecule has 2 heterocycles. The molecule has 0 radical (unpaired) electrons. The summed E-state index contributed by atoms with van der Waals surface area (Å²) in [5.41, 5.74) is 2.81. The number of aromatic nitrogens is 2. The van der Waals surface area contributed by atoms with Gasteiger partial charge in [-0.05, 0) is 35.6 Å². The van der Waals surface area contributed by atoms with Gasteiger partial charge in [0.05, 0.1) is 11.0 Å². The zero-order valence-electron chi connectivity index (χ0n) is 14.0. The van der Waals surface area contributed by atoms with E-state index in [2.05, 4.69) is 25.8 Å². The minimum Gasteiger partial charge on any atom is -0.295 e. The maximum absolute atomic E-state index is 13.4. The molecule has 0 saturated heterocycles. The van der Waals surface area contributed by atoms with Gasteiger partial charge >= 0.3 is 5.69 Å². The van der Waals surface area contributed by atoms with Crippen LogP contribution < -0.4 is 5.69 Å². The van der Waals surface area contributed by atoms with E-state index in [4.69, 9.17) is 0 Å². The van der Waals surface area contributed by atoms with Crippen molar-refractivity contribution in [1.29, 1.82) is 0 Å². The average Bonchev–Trinajstić information content (AvgIpc) is 2.71. The van der Waals surface area contributed by atoms with Gasteiger partial charge in [0.15, 0.2) is 0 Å². The van der Waals surface area contributed by atoms with Crippen LogP contribution in [0.4, 0.5) is 4.39 Å². The third-order valence-corrected chi connectivity index (χ3v) is 4.14. The number of rotatable bonds is 2. The summed E-state index contributed by atoms with van der Waals surface area (Å²) in [6.07, 6.45) is 3.81. The lowest BCUT2D eigenvalue weighted by Gasteiger charge is -2.19. The van der Waals surface area contributed by atoms with Gasteiger partial charge in [0.1, 0.15) is 0 Å². The fourth-order valence-corrected chi connectivity index (χ4v) is 3.05. The maximum atomic E-state index is 13.4. The smallest absolute Gasteiger partial charge is 0.295 e. The van der Waals surface area contributed by atoms with Crippen molar-refractivity contribution in [3.8, 4) is 0 Å². The van der Waals surface area contributed by atoms with Crippen LogP contribution >= 0.6 is 0 Å². The Labute approximate surface area is 135 Å². The number of allylic oxidation sites excluding steroid dienone is 1. The molecule has 1 aliphatic rings. The van der Waals surface area contributed by atoms with Crippen LogP contribution in [-0.4, -0.2) is 15.3 Å². The van der Waals surface area contributed by atoms with E-state index in [9.17, 15) is 9.18 Å². The molecule has 0 aliphatic carbocycles. The summed E-state index contributed by atoms with van der Waals surface area (Å²) in [5.74, 6) is -0.474. The Morgan fingerprint density at radius 1 is 1.30 bits per heavy atom. The third kappa shape index (κ3) is 3.00. The number of hydrogen-bond acceptors (Lipinski definition) is 2. The number of aryl methyl sites for hydroxylation is 1. The summed E-state index contributed by atoms with van der Waals surface area (Å²) in [4.78, 5) is 16.2. The first-order valence-electron chi connectivity index (χ1n) is 7.85. The first-order chi connectivity index (χ1) is 10.8. The molecule has 1 unspecified atom stereocenters. The number of halogens is 1. The van der Waals surface area contributed by atoms with Gasteiger partial charge in [-0.2, -0.15) is 4.39 Å². The fraction of sp³-hybridized carbons (Fsp3) is 0.444. The molecular formula is C18H22FN3O. The molecule has 0 saturated carbocycles. The van der Waals surface area contributed by atoms with E-state index in [0.29, 0.717) is 13.0 Å². The van der Waals surface area contributed by atoms with Crippen molar-refractivity contribution in [3.63, 3.8) is 0 Å². The van der Waals surface area contributed by atoms with Crippen LogP contribution in [0.25, 0.3) is 11.0 Å². The Morgan fingerprint density at radius 2 is 2.04 bits per heavy atom. The van der Waals surface area contributed by atoms with Gasteiger partial charge < -0.3 is 0 Å². The Kier molecular flexibility index (Phi) is 3.74. The van der Waals surface area contributed by atoms with Crippen molar-refractivity contribution in [1.82, 2.24) is 9.13 Å². The summed E-state index contributed by atoms with van der Waals surface area (Å²) in [7, 11) is 1.78. The SMILES string of the molecule is Cn1c(=O)n(CC(C)(C)C)c2ccc(C3C=C(F)N=CC3)cc21. The first kappa shape index (κ1) is 15.7. The van der Waals surface area contributed by atoms with Crippen molar-refractivity contribution < 1.29 is 4.39 Å². The predicted octanol–water partition coefficient (Wildman–Crippen LogP) is 3.76. The first-order valence-corrected chi connectivity index (χ1v) is 7.85. The minimum absolute atomic E-state index is 0.0148. The number of nitrogens with zero attached hydrogens (tertiary/aromatic N) is 3. The second-order valence-corrected chi connectivity index (χ2v) is 7.38. The summed E-state index contributed by atoms with van der Waals surface area (Å²) < 4.78 is 16.9. The number of fused-ring (bicyclic) bond motifs is 1. The highest BCUT2D eigenvalue weighted by molar-refractivity contribution is 5.77. The van der Waals surface area contributed by atoms with Crippen LogP contribution in [0.3, 0.4) is 0 Å². The molecule has 1 aromatic carbocycles. The van der Waals surface area contributed by atoms with E-state index < -0.39 is 5.95 Å². The lowest BCUT2D eigenvalue weighted by molar-refractivity contribution is 0.342. The van der Waals surface area contributed by atoms with Crippen LogP contribution in [0, 0.1) is 5.41 Å². The largest absolute Gasteiger partial charge is 0.328 e. The summed E-state index contributed by atoms with van der Waals surface area (Å²) in [6, 6.07) is 5.94. The molecule has 23 heavy (non-hydrogen) atoms. The van der Waals surface area contributed by atoms with Crippen LogP contribution in [-0.2, 0) is 13.6 Å². The standard InChI is InChI=1S/C18H22FN3O/c1-18(2,3)11-22-14-6-5-12(9-15(14)21(4)17(22)23)13-7-8-20-16(19)10-13/h5-6,8-10,13H,7,11H2,1-4H3. The van der Waals surface area contributed by atoms with Gasteiger partial charge in [-0.15, -0.1) is 0 Å². The molecule has 1 aromatic heterocycles. The van der Waals surface area contributed by atoms with E-state index in [1.54, 1.807) is 17.8 Å². The second-order valence-electron chi connectivity index (χ2n) is 7.38. The third-order valence-electron chi connectivity index (χ3n) is 4.14. The Bertz CT molecular complexity index is 865. The molecule has 0 spiro atoms. The number of aliphatic imine (C=N–C) groups is 1. The number of imidazole rings is 1. The molecular weight excluding hydrogens is 293 g/mol. The second kappa shape index (κ2) is 5.48. The van der Waals surface area contributed by atoms with E-state index in [1.807, 2.05) is 22.8 Å². The van der Waals surface area contributed by atoms with E-state index >= 15 is 0 Å². The van der Waals surface area contributed by atoms with Crippen LogP contribution in [0.1, 0.15) is 38.7 Å². The molecule has 0 fully saturated rings. The highest BCUT2D eigenvalue weighted by Crippen LogP contribution is 2.28. The summed E-state index contributed by atoms with van der Waals surface area (Å²) in [5, 5.41) is 0. The van der Waals surface area contributed by atoms with Gasteiger partial charge in [0.25, 0.3) is 0 Å². The lowest BCUT2D eigenvalue weighted by atomic mass is 9.94. The van der Waals surface area contributed by atoms with E-state index in [0.717, 1.165) is 16.6 Å². The van der Waals surface area contributed by atoms with E-state index in [1.165, 1.54) is 6.08 Å². The van der Waals surface area contributed by atoms with E-state index in [-0.39, 0.29) is 17.0 Å². The van der Waals surface area contributed by atoms with Crippen molar-refractivity contribution in [3.05, 3.63) is 46.3 Å². The molecule has 1 aliphatic heterocycles. The molecule has 5 heteroatoms. The fourth-order valence-electron chi connectivity index (χ4n) is 3.05. The topological polar surface area (TPSA) is 39.3 Å². The van der Waals surface area contributed by atoms with Crippen LogP contribution in [0.2, 0.25) is 0 Å². The molecule has 3 rings (SSSR count). The van der Waals surface area contributed by atoms with Crippen molar-refractivity contribution in [2.75, 3.05) is 0 Å². The predicted molar refractivity (Wildman–Crippen MR) is 91.7 cm³/mol. The van der Waals surface area contributed by atoms with Gasteiger partial charge in [-0.1, -0.05) is 26.8 Å². The molecule has 0 amide bonds. The molecule has 1 atom stereocenters. The monoisotopic (exact) mass is 315 g/mol. The number of hydrogen-bond donors (Lipinski definition) is 0. The van der Waals surface area contributed by atoms with Gasteiger partial charge in [-0.3, -0.25) is 9.13 Å². The van der Waals surface area contributed by atoms with Crippen LogP contribution in [0.5, 0.6) is 0 Å². The zero-order valence-corrected chi connectivity index (χ0v) is 14.0. The highest BCUT2D eigenvalue weighted by Gasteiger charge is 2.19. The average molecular weight is 315 g/mol. The molecule has 0 bridgehead atoms. The molecule has 2 aromatic rings. The number of benzene rings is 1. The van der Waals surface area contributed by atoms with Gasteiger partial charge in [0.2, 0.25) is 5.95 Å². The molecule has 0 N–H and O–H groups in total. The highest BCUT2D eigenvalue weighted by atomic mass is 19.1. The Hall–Kier alpha value is -2.17. The van der Waals surface area contributed by atoms with Crippen molar-refractivity contribution in [2.24, 2.45) is 17.5 Å². The summed E-state index contributed by atoms with van der Waals surface area (Å²) in [6.45, 7) is 7.00. The Morgan fingerprint density at radius 3 is 2.70 bits per heavy atom. The molecule has 122 valence electrons. The Balaban J connectivity index is 2.10. The van der Waals surface area contributed by atoms with Gasteiger partial charge in [0, 0.05) is 25.7 Å². The minimum atomic E-state index is -0.444. The summed E-state index contributed by atoms with van der Waals surface area (Å²) >= 11 is 0. The quantitative estimate of drug-likeness (QED) is 0.778. The molecule has 4 nitrogen and oxygen atoms in total.